The fourth-order valence-corrected chi connectivity index (χ4v) is 3.59. The Kier molecular flexibility index (Phi) is 23.8. The summed E-state index contributed by atoms with van der Waals surface area (Å²) in [6.45, 7) is 6.10. The van der Waals surface area contributed by atoms with E-state index in [1.807, 2.05) is 6.26 Å². The van der Waals surface area contributed by atoms with Gasteiger partial charge in [0.25, 0.3) is 0 Å². The van der Waals surface area contributed by atoms with Crippen molar-refractivity contribution >= 4 is 29.5 Å². The molecule has 1 unspecified atom stereocenters. The Bertz CT molecular complexity index is 846. The Morgan fingerprint density at radius 2 is 1.38 bits per heavy atom. The van der Waals surface area contributed by atoms with Gasteiger partial charge in [0.05, 0.1) is 6.61 Å². The first kappa shape index (κ1) is 37.4. The summed E-state index contributed by atoms with van der Waals surface area (Å²) in [6.07, 6.45) is 28.8. The van der Waals surface area contributed by atoms with E-state index in [1.165, 1.54) is 0 Å². The predicted molar refractivity (Wildman–Crippen MR) is 168 cm³/mol. The number of unbranched alkanes of at least 4 members (excludes halogenated alkanes) is 1. The SMILES string of the molecule is CC/C=C\C/C=C\C/C=C\C/C=C\C/C=C\CCCC(=O)OCC(C)(C)C(O)C(=O)NCCC(=O)NCCSC. The van der Waals surface area contributed by atoms with Crippen LogP contribution < -0.4 is 10.6 Å². The number of esters is 1. The lowest BCUT2D eigenvalue weighted by Gasteiger charge is -2.29. The van der Waals surface area contributed by atoms with Crippen molar-refractivity contribution in [2.45, 2.75) is 84.7 Å². The van der Waals surface area contributed by atoms with Gasteiger partial charge in [-0.3, -0.25) is 14.4 Å². The third-order valence-corrected chi connectivity index (χ3v) is 6.40. The lowest BCUT2D eigenvalue weighted by atomic mass is 9.87. The van der Waals surface area contributed by atoms with Gasteiger partial charge in [0.2, 0.25) is 11.8 Å². The van der Waals surface area contributed by atoms with Crippen molar-refractivity contribution in [2.24, 2.45) is 5.41 Å². The van der Waals surface area contributed by atoms with Crippen molar-refractivity contribution in [1.82, 2.24) is 10.6 Å². The molecule has 2 amide bonds. The van der Waals surface area contributed by atoms with E-state index >= 15 is 0 Å². The van der Waals surface area contributed by atoms with E-state index in [2.05, 4.69) is 78.3 Å². The molecule has 8 heteroatoms. The van der Waals surface area contributed by atoms with Crippen LogP contribution in [-0.4, -0.2) is 60.7 Å². The van der Waals surface area contributed by atoms with Gasteiger partial charge in [-0.05, 0) is 51.2 Å². The van der Waals surface area contributed by atoms with Crippen molar-refractivity contribution in [3.8, 4) is 0 Å². The average molecular weight is 577 g/mol. The van der Waals surface area contributed by atoms with Crippen LogP contribution in [0.2, 0.25) is 0 Å². The van der Waals surface area contributed by atoms with Crippen molar-refractivity contribution in [1.29, 1.82) is 0 Å². The monoisotopic (exact) mass is 576 g/mol. The number of amides is 2. The van der Waals surface area contributed by atoms with E-state index in [0.717, 1.165) is 44.3 Å². The summed E-state index contributed by atoms with van der Waals surface area (Å²) in [5, 5.41) is 15.7. The first-order valence-corrected chi connectivity index (χ1v) is 15.8. The van der Waals surface area contributed by atoms with Gasteiger partial charge in [-0.2, -0.15) is 11.8 Å². The van der Waals surface area contributed by atoms with Gasteiger partial charge >= 0.3 is 5.97 Å². The van der Waals surface area contributed by atoms with Gasteiger partial charge in [0.15, 0.2) is 0 Å². The highest BCUT2D eigenvalue weighted by Gasteiger charge is 2.34. The summed E-state index contributed by atoms with van der Waals surface area (Å²) >= 11 is 1.64. The highest BCUT2D eigenvalue weighted by molar-refractivity contribution is 7.98. The highest BCUT2D eigenvalue weighted by Crippen LogP contribution is 2.22. The molecule has 7 nitrogen and oxygen atoms in total. The highest BCUT2D eigenvalue weighted by atomic mass is 32.2. The van der Waals surface area contributed by atoms with Crippen LogP contribution in [0.1, 0.15) is 78.6 Å². The number of aliphatic hydroxyl groups excluding tert-OH is 1. The maximum atomic E-state index is 12.3. The Morgan fingerprint density at radius 1 is 0.825 bits per heavy atom. The Labute approximate surface area is 246 Å². The molecule has 0 aliphatic rings. The molecule has 40 heavy (non-hydrogen) atoms. The lowest BCUT2D eigenvalue weighted by molar-refractivity contribution is -0.153. The van der Waals surface area contributed by atoms with Crippen LogP contribution in [0.3, 0.4) is 0 Å². The number of nitrogens with one attached hydrogen (secondary N) is 2. The molecular weight excluding hydrogens is 524 g/mol. The number of carbonyl (C=O) groups excluding carboxylic acids is 3. The summed E-state index contributed by atoms with van der Waals surface area (Å²) in [6, 6.07) is 0. The summed E-state index contributed by atoms with van der Waals surface area (Å²) in [7, 11) is 0. The van der Waals surface area contributed by atoms with E-state index in [-0.39, 0.29) is 37.9 Å². The molecule has 0 fully saturated rings. The third kappa shape index (κ3) is 22.3. The van der Waals surface area contributed by atoms with Crippen LogP contribution in [-0.2, 0) is 19.1 Å². The molecule has 0 saturated carbocycles. The summed E-state index contributed by atoms with van der Waals surface area (Å²) in [5.74, 6) is -0.263. The number of hydrogen-bond acceptors (Lipinski definition) is 6. The van der Waals surface area contributed by atoms with Crippen molar-refractivity contribution in [2.75, 3.05) is 31.7 Å². The quantitative estimate of drug-likeness (QED) is 0.0804. The smallest absolute Gasteiger partial charge is 0.305 e. The molecule has 0 radical (unpaired) electrons. The topological polar surface area (TPSA) is 105 Å². The van der Waals surface area contributed by atoms with Gasteiger partial charge in [0.1, 0.15) is 6.10 Å². The lowest BCUT2D eigenvalue weighted by Crippen LogP contribution is -2.47. The molecule has 1 atom stereocenters. The Hall–Kier alpha value is -2.58. The van der Waals surface area contributed by atoms with E-state index in [9.17, 15) is 19.5 Å². The second kappa shape index (κ2) is 25.4. The molecule has 0 heterocycles. The maximum absolute atomic E-state index is 12.3. The van der Waals surface area contributed by atoms with Crippen LogP contribution in [0.25, 0.3) is 0 Å². The number of aliphatic hydroxyl groups is 1. The fraction of sp³-hybridized carbons (Fsp3) is 0.594. The average Bonchev–Trinajstić information content (AvgIpc) is 2.93. The number of carbonyl (C=O) groups is 3. The van der Waals surface area contributed by atoms with Gasteiger partial charge in [-0.15, -0.1) is 0 Å². The minimum Gasteiger partial charge on any atom is -0.465 e. The summed E-state index contributed by atoms with van der Waals surface area (Å²) in [4.78, 5) is 36.1. The van der Waals surface area contributed by atoms with E-state index in [0.29, 0.717) is 13.0 Å². The molecule has 0 aromatic carbocycles. The minimum absolute atomic E-state index is 0.0722. The molecule has 226 valence electrons. The molecule has 3 N–H and O–H groups in total. The number of ether oxygens (including phenoxy) is 1. The van der Waals surface area contributed by atoms with Crippen LogP contribution in [0.15, 0.2) is 60.8 Å². The predicted octanol–water partition coefficient (Wildman–Crippen LogP) is 5.82. The minimum atomic E-state index is -1.36. The van der Waals surface area contributed by atoms with Crippen LogP contribution >= 0.6 is 11.8 Å². The molecule has 0 aliphatic heterocycles. The molecular formula is C32H52N2O5S. The standard InChI is InChI=1S/C32H52N2O5S/c1-5-6-7-8-9-10-11-12-13-14-15-16-17-18-19-20-21-22-29(36)39-27-32(2,3)30(37)31(38)34-24-23-28(35)33-25-26-40-4/h6-7,9-10,12-13,15-16,18-19,30,37H,5,8,11,14,17,20-27H2,1-4H3,(H,33,35)(H,34,38)/b7-6-,10-9-,13-12-,16-15-,19-18-. The van der Waals surface area contributed by atoms with E-state index in [1.54, 1.807) is 25.6 Å². The Balaban J connectivity index is 3.98. The van der Waals surface area contributed by atoms with Crippen molar-refractivity contribution < 1.29 is 24.2 Å². The van der Waals surface area contributed by atoms with Gasteiger partial charge in [-0.25, -0.2) is 0 Å². The van der Waals surface area contributed by atoms with Crippen LogP contribution in [0, 0.1) is 5.41 Å². The van der Waals surface area contributed by atoms with Gasteiger partial charge < -0.3 is 20.5 Å². The van der Waals surface area contributed by atoms with Crippen molar-refractivity contribution in [3.05, 3.63) is 60.8 Å². The zero-order chi connectivity index (χ0) is 29.9. The molecule has 0 bridgehead atoms. The van der Waals surface area contributed by atoms with Gasteiger partial charge in [0, 0.05) is 37.1 Å². The normalized spacial score (nSPS) is 13.2. The maximum Gasteiger partial charge on any atom is 0.305 e. The Morgan fingerprint density at radius 3 is 1.93 bits per heavy atom. The molecule has 0 spiro atoms. The number of allylic oxidation sites excluding steroid dienone is 10. The molecule has 0 rings (SSSR count). The first-order valence-electron chi connectivity index (χ1n) is 14.4. The second-order valence-electron chi connectivity index (χ2n) is 10.0. The zero-order valence-electron chi connectivity index (χ0n) is 25.0. The number of hydrogen-bond donors (Lipinski definition) is 3. The number of thioether (sulfide) groups is 1. The second-order valence-corrected chi connectivity index (χ2v) is 11.0. The van der Waals surface area contributed by atoms with Crippen LogP contribution in [0.4, 0.5) is 0 Å². The fourth-order valence-electron chi connectivity index (χ4n) is 3.28. The summed E-state index contributed by atoms with van der Waals surface area (Å²) < 4.78 is 5.31. The molecule has 0 saturated heterocycles. The van der Waals surface area contributed by atoms with E-state index in [4.69, 9.17) is 4.74 Å². The van der Waals surface area contributed by atoms with Crippen LogP contribution in [0.5, 0.6) is 0 Å². The summed E-state index contributed by atoms with van der Waals surface area (Å²) in [5.41, 5.74) is -0.954. The number of rotatable bonds is 23. The molecule has 0 aliphatic carbocycles. The first-order chi connectivity index (χ1) is 19.2. The van der Waals surface area contributed by atoms with Gasteiger partial charge in [-0.1, -0.05) is 81.5 Å². The third-order valence-electron chi connectivity index (χ3n) is 5.78. The molecule has 0 aromatic heterocycles. The largest absolute Gasteiger partial charge is 0.465 e. The zero-order valence-corrected chi connectivity index (χ0v) is 25.8. The van der Waals surface area contributed by atoms with Crippen molar-refractivity contribution in [3.63, 3.8) is 0 Å². The molecule has 0 aromatic rings. The van der Waals surface area contributed by atoms with E-state index < -0.39 is 17.4 Å².